The number of nitrogens with one attached hydrogen (secondary N) is 1. The molecule has 86 valence electrons. The summed E-state index contributed by atoms with van der Waals surface area (Å²) in [5, 5.41) is 1.83. The second-order valence-electron chi connectivity index (χ2n) is 2.91. The minimum absolute atomic E-state index is 0.0894. The molecule has 0 aliphatic rings. The summed E-state index contributed by atoms with van der Waals surface area (Å²) in [6.07, 6.45) is 0. The zero-order valence-corrected chi connectivity index (χ0v) is 9.83. The fraction of sp³-hybridized carbons (Fsp3) is 0. The Kier molecular flexibility index (Phi) is 3.54. The van der Waals surface area contributed by atoms with Crippen molar-refractivity contribution in [3.8, 4) is 0 Å². The molecule has 5 N–H and O–H groups in total. The molecular weight excluding hydrogens is 279 g/mol. The molecular formula is C8H9AsN2O5. The molecule has 0 aliphatic heterocycles. The first-order chi connectivity index (χ1) is 7.30. The van der Waals surface area contributed by atoms with Gasteiger partial charge in [-0.3, -0.25) is 0 Å². The Labute approximate surface area is 93.3 Å². The summed E-state index contributed by atoms with van der Waals surface area (Å²) >= 11 is -4.93. The number of carbonyl (C=O) groups excluding carboxylic acids is 2. The summed E-state index contributed by atoms with van der Waals surface area (Å²) in [6, 6.07) is 3.68. The second kappa shape index (κ2) is 4.52. The predicted molar refractivity (Wildman–Crippen MR) is 54.0 cm³/mol. The Bertz CT molecular complexity index is 464. The number of hydrogen-bond donors (Lipinski definition) is 4. The Morgan fingerprint density at radius 1 is 1.19 bits per heavy atom. The first-order valence-corrected chi connectivity index (χ1v) is 7.46. The van der Waals surface area contributed by atoms with Crippen LogP contribution < -0.4 is 15.4 Å². The third kappa shape index (κ3) is 3.23. The number of imide groups is 1. The number of amides is 3. The number of nitrogens with two attached hydrogens (primary N) is 1. The summed E-state index contributed by atoms with van der Waals surface area (Å²) in [7, 11) is 0. The molecule has 1 rings (SSSR count). The molecule has 0 unspecified atom stereocenters. The number of rotatable bonds is 2. The van der Waals surface area contributed by atoms with Gasteiger partial charge in [0.2, 0.25) is 0 Å². The van der Waals surface area contributed by atoms with E-state index in [0.29, 0.717) is 0 Å². The van der Waals surface area contributed by atoms with Crippen LogP contribution in [-0.2, 0) is 3.74 Å². The molecule has 7 nitrogen and oxygen atoms in total. The van der Waals surface area contributed by atoms with Crippen LogP contribution in [0.3, 0.4) is 0 Å². The topological polar surface area (TPSA) is 130 Å². The average molecular weight is 288 g/mol. The average Bonchev–Trinajstić information content (AvgIpc) is 2.15. The van der Waals surface area contributed by atoms with Crippen molar-refractivity contribution < 1.29 is 21.5 Å². The van der Waals surface area contributed by atoms with Crippen LogP contribution in [0.15, 0.2) is 24.3 Å². The van der Waals surface area contributed by atoms with Gasteiger partial charge in [0, 0.05) is 0 Å². The van der Waals surface area contributed by atoms with Gasteiger partial charge in [0.1, 0.15) is 0 Å². The van der Waals surface area contributed by atoms with Gasteiger partial charge in [-0.25, -0.2) is 0 Å². The monoisotopic (exact) mass is 288 g/mol. The molecule has 0 spiro atoms. The molecule has 0 aromatic heterocycles. The maximum atomic E-state index is 11.2. The van der Waals surface area contributed by atoms with Gasteiger partial charge in [-0.1, -0.05) is 0 Å². The Morgan fingerprint density at radius 3 is 2.06 bits per heavy atom. The van der Waals surface area contributed by atoms with Gasteiger partial charge in [-0.15, -0.1) is 0 Å². The van der Waals surface area contributed by atoms with Crippen LogP contribution in [0.25, 0.3) is 0 Å². The van der Waals surface area contributed by atoms with Crippen LogP contribution in [0.5, 0.6) is 0 Å². The van der Waals surface area contributed by atoms with Gasteiger partial charge < -0.3 is 0 Å². The normalized spacial score (nSPS) is 10.9. The SMILES string of the molecule is NC(=O)NC(=O)c1ccc([As](=O)(O)O)cc1. The Hall–Kier alpha value is -1.56. The van der Waals surface area contributed by atoms with Crippen molar-refractivity contribution in [2.24, 2.45) is 5.73 Å². The van der Waals surface area contributed by atoms with Crippen LogP contribution in [0, 0.1) is 0 Å². The minimum atomic E-state index is -4.93. The van der Waals surface area contributed by atoms with Gasteiger partial charge in [-0.05, 0) is 0 Å². The van der Waals surface area contributed by atoms with E-state index in [9.17, 15) is 13.3 Å². The van der Waals surface area contributed by atoms with Gasteiger partial charge in [0.15, 0.2) is 0 Å². The Morgan fingerprint density at radius 2 is 1.69 bits per heavy atom. The van der Waals surface area contributed by atoms with Crippen molar-refractivity contribution in [2.75, 3.05) is 0 Å². The van der Waals surface area contributed by atoms with Crippen molar-refractivity contribution in [3.05, 3.63) is 29.8 Å². The predicted octanol–water partition coefficient (Wildman–Crippen LogP) is -1.94. The molecule has 1 aromatic rings. The zero-order valence-electron chi connectivity index (χ0n) is 7.95. The molecule has 8 heteroatoms. The summed E-state index contributed by atoms with van der Waals surface area (Å²) in [5.41, 5.74) is 4.83. The summed E-state index contributed by atoms with van der Waals surface area (Å²) in [5.74, 6) is -0.725. The quantitative estimate of drug-likeness (QED) is 0.470. The number of hydrogen-bond acceptors (Lipinski definition) is 3. The molecule has 0 aliphatic carbocycles. The van der Waals surface area contributed by atoms with Crippen LogP contribution in [-0.4, -0.2) is 34.3 Å². The summed E-state index contributed by atoms with van der Waals surface area (Å²) in [6.45, 7) is 0. The van der Waals surface area contributed by atoms with Crippen molar-refractivity contribution in [1.29, 1.82) is 0 Å². The van der Waals surface area contributed by atoms with E-state index in [1.54, 1.807) is 0 Å². The molecule has 0 fully saturated rings. The van der Waals surface area contributed by atoms with Crippen molar-refractivity contribution in [2.45, 2.75) is 0 Å². The number of urea groups is 1. The van der Waals surface area contributed by atoms with E-state index in [1.165, 1.54) is 12.1 Å². The maximum absolute atomic E-state index is 11.2. The number of benzene rings is 1. The van der Waals surface area contributed by atoms with E-state index in [1.807, 2.05) is 5.32 Å². The van der Waals surface area contributed by atoms with Gasteiger partial charge in [0.05, 0.1) is 0 Å². The van der Waals surface area contributed by atoms with Gasteiger partial charge >= 0.3 is 92.9 Å². The zero-order chi connectivity index (χ0) is 12.3. The van der Waals surface area contributed by atoms with E-state index in [0.717, 1.165) is 12.1 Å². The van der Waals surface area contributed by atoms with Crippen LogP contribution >= 0.6 is 0 Å². The molecule has 0 heterocycles. The van der Waals surface area contributed by atoms with Gasteiger partial charge in [0.25, 0.3) is 0 Å². The number of carbonyl (C=O) groups is 2. The molecule has 0 saturated heterocycles. The first kappa shape index (κ1) is 12.5. The van der Waals surface area contributed by atoms with Crippen LogP contribution in [0.2, 0.25) is 0 Å². The Balaban J connectivity index is 2.91. The van der Waals surface area contributed by atoms with Crippen LogP contribution in [0.4, 0.5) is 4.79 Å². The molecule has 0 atom stereocenters. The van der Waals surface area contributed by atoms with Crippen LogP contribution in [0.1, 0.15) is 10.4 Å². The van der Waals surface area contributed by atoms with Crippen molar-refractivity contribution in [3.63, 3.8) is 0 Å². The first-order valence-electron chi connectivity index (χ1n) is 4.07. The van der Waals surface area contributed by atoms with E-state index in [-0.39, 0.29) is 9.91 Å². The summed E-state index contributed by atoms with van der Waals surface area (Å²) < 4.78 is 28.4. The van der Waals surface area contributed by atoms with Crippen molar-refractivity contribution in [1.82, 2.24) is 5.32 Å². The van der Waals surface area contributed by atoms with Crippen molar-refractivity contribution >= 4 is 30.5 Å². The summed E-state index contributed by atoms with van der Waals surface area (Å²) in [4.78, 5) is 21.6. The standard InChI is InChI=1S/C8H9AsN2O5/c10-8(13)11-7(12)5-1-3-6(4-2-5)9(14,15)16/h1-4H,(H2,14,15,16)(H3,10,11,12,13). The molecule has 0 radical (unpaired) electrons. The second-order valence-corrected chi connectivity index (χ2v) is 6.28. The molecule has 0 bridgehead atoms. The van der Waals surface area contributed by atoms with E-state index in [2.05, 4.69) is 0 Å². The molecule has 1 aromatic carbocycles. The molecule has 3 amide bonds. The fourth-order valence-corrected chi connectivity index (χ4v) is 2.12. The number of primary amides is 1. The fourth-order valence-electron chi connectivity index (χ4n) is 0.991. The van der Waals surface area contributed by atoms with E-state index < -0.39 is 26.1 Å². The molecule has 0 saturated carbocycles. The molecule has 16 heavy (non-hydrogen) atoms. The third-order valence-electron chi connectivity index (χ3n) is 1.70. The van der Waals surface area contributed by atoms with E-state index in [4.69, 9.17) is 13.9 Å². The third-order valence-corrected chi connectivity index (χ3v) is 3.74. The van der Waals surface area contributed by atoms with Gasteiger partial charge in [-0.2, -0.15) is 0 Å². The van der Waals surface area contributed by atoms with E-state index >= 15 is 0 Å².